The van der Waals surface area contributed by atoms with Gasteiger partial charge in [0.1, 0.15) is 24.0 Å². The number of aromatic nitrogens is 2. The zero-order valence-corrected chi connectivity index (χ0v) is 15.7. The van der Waals surface area contributed by atoms with Gasteiger partial charge in [0.25, 0.3) is 0 Å². The molecule has 2 heterocycles. The molecule has 4 aromatic rings. The Morgan fingerprint density at radius 2 is 1.64 bits per heavy atom. The van der Waals surface area contributed by atoms with Crippen LogP contribution in [-0.2, 0) is 0 Å². The number of ether oxygens (including phenoxy) is 3. The van der Waals surface area contributed by atoms with Gasteiger partial charge < -0.3 is 23.9 Å². The van der Waals surface area contributed by atoms with Crippen LogP contribution < -0.4 is 19.5 Å². The highest BCUT2D eigenvalue weighted by molar-refractivity contribution is 5.93. The number of fused-ring (bicyclic) bond motifs is 1. The summed E-state index contributed by atoms with van der Waals surface area (Å²) < 4.78 is 21.8. The van der Waals surface area contributed by atoms with E-state index < -0.39 is 0 Å². The van der Waals surface area contributed by atoms with E-state index >= 15 is 0 Å². The van der Waals surface area contributed by atoms with Gasteiger partial charge in [0.15, 0.2) is 11.5 Å². The van der Waals surface area contributed by atoms with Crippen LogP contribution in [0, 0.1) is 0 Å². The van der Waals surface area contributed by atoms with Gasteiger partial charge in [0, 0.05) is 34.8 Å². The standard InChI is InChI=1S/C21H19N3O4/c1-25-18-8-13(9-19(26-2)21(18)27-3)24-20-10-16(22-12-23-20)15-11-28-17-7-5-4-6-14(15)17/h4-12H,1-3H3,(H,22,23,24). The second kappa shape index (κ2) is 7.48. The van der Waals surface area contributed by atoms with Gasteiger partial charge in [-0.15, -0.1) is 0 Å². The Balaban J connectivity index is 1.69. The average Bonchev–Trinajstić information content (AvgIpc) is 3.17. The number of para-hydroxylation sites is 1. The summed E-state index contributed by atoms with van der Waals surface area (Å²) in [5.74, 6) is 2.27. The van der Waals surface area contributed by atoms with Crippen LogP contribution in [0.3, 0.4) is 0 Å². The van der Waals surface area contributed by atoms with Gasteiger partial charge in [-0.1, -0.05) is 18.2 Å². The molecular weight excluding hydrogens is 358 g/mol. The van der Waals surface area contributed by atoms with Crippen molar-refractivity contribution in [3.8, 4) is 28.5 Å². The molecule has 0 amide bonds. The molecule has 142 valence electrons. The summed E-state index contributed by atoms with van der Waals surface area (Å²) in [6.45, 7) is 0. The fourth-order valence-electron chi connectivity index (χ4n) is 3.05. The van der Waals surface area contributed by atoms with E-state index in [4.69, 9.17) is 18.6 Å². The number of anilines is 2. The molecule has 4 rings (SSSR count). The smallest absolute Gasteiger partial charge is 0.203 e. The number of nitrogens with one attached hydrogen (secondary N) is 1. The van der Waals surface area contributed by atoms with Crippen LogP contribution in [0.5, 0.6) is 17.2 Å². The van der Waals surface area contributed by atoms with Crippen LogP contribution in [0.15, 0.2) is 59.5 Å². The van der Waals surface area contributed by atoms with Gasteiger partial charge in [-0.3, -0.25) is 0 Å². The predicted molar refractivity (Wildman–Crippen MR) is 107 cm³/mol. The highest BCUT2D eigenvalue weighted by Gasteiger charge is 2.14. The van der Waals surface area contributed by atoms with Gasteiger partial charge in [-0.25, -0.2) is 9.97 Å². The minimum absolute atomic E-state index is 0.531. The van der Waals surface area contributed by atoms with E-state index in [0.717, 1.165) is 27.9 Å². The normalized spacial score (nSPS) is 10.7. The van der Waals surface area contributed by atoms with Crippen molar-refractivity contribution in [3.63, 3.8) is 0 Å². The Morgan fingerprint density at radius 3 is 2.36 bits per heavy atom. The summed E-state index contributed by atoms with van der Waals surface area (Å²) >= 11 is 0. The number of nitrogens with zero attached hydrogens (tertiary/aromatic N) is 2. The number of hydrogen-bond acceptors (Lipinski definition) is 7. The quantitative estimate of drug-likeness (QED) is 0.523. The summed E-state index contributed by atoms with van der Waals surface area (Å²) in [6.07, 6.45) is 3.22. The maximum atomic E-state index is 5.62. The topological polar surface area (TPSA) is 78.6 Å². The molecule has 2 aromatic carbocycles. The molecule has 7 heteroatoms. The molecule has 0 aliphatic heterocycles. The van der Waals surface area contributed by atoms with E-state index in [-0.39, 0.29) is 0 Å². The molecule has 0 bridgehead atoms. The molecule has 7 nitrogen and oxygen atoms in total. The first-order chi connectivity index (χ1) is 13.7. The summed E-state index contributed by atoms with van der Waals surface area (Å²) in [5.41, 5.74) is 3.23. The summed E-state index contributed by atoms with van der Waals surface area (Å²) in [4.78, 5) is 8.70. The van der Waals surface area contributed by atoms with E-state index in [1.165, 1.54) is 6.33 Å². The Kier molecular flexibility index (Phi) is 4.72. The minimum Gasteiger partial charge on any atom is -0.493 e. The van der Waals surface area contributed by atoms with E-state index in [1.54, 1.807) is 27.6 Å². The Hall–Kier alpha value is -3.74. The van der Waals surface area contributed by atoms with Crippen LogP contribution in [0.4, 0.5) is 11.5 Å². The van der Waals surface area contributed by atoms with Crippen molar-refractivity contribution in [1.29, 1.82) is 0 Å². The molecule has 0 aliphatic carbocycles. The third kappa shape index (κ3) is 3.18. The van der Waals surface area contributed by atoms with E-state index in [2.05, 4.69) is 15.3 Å². The molecule has 0 unspecified atom stereocenters. The van der Waals surface area contributed by atoms with Crippen LogP contribution in [0.25, 0.3) is 22.2 Å². The SMILES string of the molecule is COc1cc(Nc2cc(-c3coc4ccccc34)ncn2)cc(OC)c1OC. The Labute approximate surface area is 161 Å². The first-order valence-corrected chi connectivity index (χ1v) is 8.59. The Bertz CT molecular complexity index is 1100. The fraction of sp³-hybridized carbons (Fsp3) is 0.143. The van der Waals surface area contributed by atoms with Crippen molar-refractivity contribution in [3.05, 3.63) is 55.1 Å². The average molecular weight is 377 g/mol. The molecule has 0 atom stereocenters. The van der Waals surface area contributed by atoms with Gasteiger partial charge in [0.2, 0.25) is 5.75 Å². The maximum Gasteiger partial charge on any atom is 0.203 e. The van der Waals surface area contributed by atoms with Crippen molar-refractivity contribution >= 4 is 22.5 Å². The Morgan fingerprint density at radius 1 is 0.893 bits per heavy atom. The summed E-state index contributed by atoms with van der Waals surface area (Å²) in [5, 5.41) is 4.26. The number of hydrogen-bond donors (Lipinski definition) is 1. The first kappa shape index (κ1) is 17.7. The minimum atomic E-state index is 0.531. The van der Waals surface area contributed by atoms with Crippen molar-refractivity contribution in [2.45, 2.75) is 0 Å². The molecule has 0 fully saturated rings. The van der Waals surface area contributed by atoms with Gasteiger partial charge >= 0.3 is 0 Å². The molecule has 0 radical (unpaired) electrons. The van der Waals surface area contributed by atoms with Gasteiger partial charge in [-0.05, 0) is 6.07 Å². The van der Waals surface area contributed by atoms with Crippen molar-refractivity contribution < 1.29 is 18.6 Å². The maximum absolute atomic E-state index is 5.62. The van der Waals surface area contributed by atoms with Crippen LogP contribution in [0.1, 0.15) is 0 Å². The zero-order chi connectivity index (χ0) is 19.5. The third-order valence-corrected chi connectivity index (χ3v) is 4.36. The number of furan rings is 1. The van der Waals surface area contributed by atoms with E-state index in [9.17, 15) is 0 Å². The number of rotatable bonds is 6. The van der Waals surface area contributed by atoms with E-state index in [1.807, 2.05) is 42.5 Å². The second-order valence-electron chi connectivity index (χ2n) is 5.97. The lowest BCUT2D eigenvalue weighted by molar-refractivity contribution is 0.324. The van der Waals surface area contributed by atoms with Gasteiger partial charge in [-0.2, -0.15) is 0 Å². The molecule has 2 aromatic heterocycles. The summed E-state index contributed by atoms with van der Waals surface area (Å²) in [7, 11) is 4.72. The molecule has 0 saturated heterocycles. The van der Waals surface area contributed by atoms with Crippen molar-refractivity contribution in [2.75, 3.05) is 26.6 Å². The number of benzene rings is 2. The predicted octanol–water partition coefficient (Wildman–Crippen LogP) is 4.66. The van der Waals surface area contributed by atoms with Crippen LogP contribution in [-0.4, -0.2) is 31.3 Å². The molecular formula is C21H19N3O4. The van der Waals surface area contributed by atoms with Gasteiger partial charge in [0.05, 0.1) is 27.0 Å². The lowest BCUT2D eigenvalue weighted by Gasteiger charge is -2.15. The highest BCUT2D eigenvalue weighted by Crippen LogP contribution is 2.40. The molecule has 0 spiro atoms. The largest absolute Gasteiger partial charge is 0.493 e. The molecule has 1 N–H and O–H groups in total. The van der Waals surface area contributed by atoms with Crippen molar-refractivity contribution in [1.82, 2.24) is 9.97 Å². The highest BCUT2D eigenvalue weighted by atomic mass is 16.5. The lowest BCUT2D eigenvalue weighted by atomic mass is 10.1. The number of methoxy groups -OCH3 is 3. The van der Waals surface area contributed by atoms with Crippen molar-refractivity contribution in [2.24, 2.45) is 0 Å². The molecule has 0 aliphatic rings. The first-order valence-electron chi connectivity index (χ1n) is 8.59. The summed E-state index contributed by atoms with van der Waals surface area (Å²) in [6, 6.07) is 13.3. The second-order valence-corrected chi connectivity index (χ2v) is 5.97. The molecule has 28 heavy (non-hydrogen) atoms. The monoisotopic (exact) mass is 377 g/mol. The lowest BCUT2D eigenvalue weighted by Crippen LogP contribution is -1.99. The van der Waals surface area contributed by atoms with E-state index in [0.29, 0.717) is 23.1 Å². The molecule has 0 saturated carbocycles. The third-order valence-electron chi connectivity index (χ3n) is 4.36. The zero-order valence-electron chi connectivity index (χ0n) is 15.7. The van der Waals surface area contributed by atoms with Crippen LogP contribution >= 0.6 is 0 Å². The van der Waals surface area contributed by atoms with Crippen LogP contribution in [0.2, 0.25) is 0 Å². The fourth-order valence-corrected chi connectivity index (χ4v) is 3.05.